The van der Waals surface area contributed by atoms with Crippen LogP contribution in [0.3, 0.4) is 0 Å². The van der Waals surface area contributed by atoms with E-state index in [-0.39, 0.29) is 27.8 Å². The van der Waals surface area contributed by atoms with Gasteiger partial charge in [-0.25, -0.2) is 9.89 Å². The minimum Gasteiger partial charge on any atom is -0.503 e. The quantitative estimate of drug-likeness (QED) is 0.554. The van der Waals surface area contributed by atoms with Crippen LogP contribution in [0.15, 0.2) is 22.0 Å². The third kappa shape index (κ3) is 4.69. The first-order chi connectivity index (χ1) is 11.7. The molecule has 1 heterocycles. The molecule has 0 saturated heterocycles. The van der Waals surface area contributed by atoms with Crippen molar-refractivity contribution in [1.82, 2.24) is 15.2 Å². The number of aromatic nitrogens is 3. The minimum absolute atomic E-state index is 0.121. The number of hydrogen-bond acceptors (Lipinski definition) is 7. The third-order valence-corrected chi connectivity index (χ3v) is 3.43. The van der Waals surface area contributed by atoms with Crippen LogP contribution in [0.2, 0.25) is 5.02 Å². The number of nitrogens with one attached hydrogen (secondary N) is 2. The van der Waals surface area contributed by atoms with Gasteiger partial charge in [-0.05, 0) is 24.6 Å². The largest absolute Gasteiger partial charge is 0.503 e. The fourth-order valence-corrected chi connectivity index (χ4v) is 2.26. The summed E-state index contributed by atoms with van der Waals surface area (Å²) in [6, 6.07) is 3.14. The molecule has 0 aliphatic carbocycles. The van der Waals surface area contributed by atoms with Gasteiger partial charge in [0, 0.05) is 5.41 Å². The van der Waals surface area contributed by atoms with Gasteiger partial charge in [0.05, 0.1) is 17.8 Å². The van der Waals surface area contributed by atoms with Gasteiger partial charge in [0.25, 0.3) is 0 Å². The van der Waals surface area contributed by atoms with Crippen LogP contribution >= 0.6 is 11.6 Å². The van der Waals surface area contributed by atoms with Crippen LogP contribution in [0.25, 0.3) is 0 Å². The molecule has 3 N–H and O–H groups in total. The Balaban J connectivity index is 2.28. The van der Waals surface area contributed by atoms with Gasteiger partial charge in [0.2, 0.25) is 0 Å². The van der Waals surface area contributed by atoms with Crippen molar-refractivity contribution in [2.24, 2.45) is 5.10 Å². The molecule has 0 unspecified atom stereocenters. The maximum atomic E-state index is 11.4. The fourth-order valence-electron chi connectivity index (χ4n) is 2.04. The summed E-state index contributed by atoms with van der Waals surface area (Å²) in [7, 11) is 0. The summed E-state index contributed by atoms with van der Waals surface area (Å²) in [6.45, 7) is 8.02. The van der Waals surface area contributed by atoms with E-state index in [0.29, 0.717) is 17.9 Å². The molecule has 0 spiro atoms. The highest BCUT2D eigenvalue weighted by atomic mass is 35.5. The van der Waals surface area contributed by atoms with Crippen LogP contribution < -0.4 is 15.9 Å². The van der Waals surface area contributed by atoms with E-state index in [4.69, 9.17) is 16.3 Å². The highest BCUT2D eigenvalue weighted by Crippen LogP contribution is 2.34. The molecule has 9 heteroatoms. The van der Waals surface area contributed by atoms with E-state index < -0.39 is 5.69 Å². The summed E-state index contributed by atoms with van der Waals surface area (Å²) < 4.78 is 5.32. The Labute approximate surface area is 149 Å². The molecular formula is C16H20ClN5O3. The van der Waals surface area contributed by atoms with Crippen LogP contribution in [0.5, 0.6) is 11.5 Å². The Morgan fingerprint density at radius 1 is 1.44 bits per heavy atom. The Bertz CT molecular complexity index is 843. The maximum Gasteiger partial charge on any atom is 0.363 e. The molecule has 2 rings (SSSR count). The minimum atomic E-state index is -0.572. The lowest BCUT2D eigenvalue weighted by Gasteiger charge is -2.18. The second kappa shape index (κ2) is 7.52. The van der Waals surface area contributed by atoms with Crippen molar-refractivity contribution in [1.29, 1.82) is 0 Å². The monoisotopic (exact) mass is 365 g/mol. The van der Waals surface area contributed by atoms with E-state index >= 15 is 0 Å². The van der Waals surface area contributed by atoms with E-state index in [9.17, 15) is 9.90 Å². The lowest BCUT2D eigenvalue weighted by atomic mass is 9.92. The second-order valence-electron chi connectivity index (χ2n) is 6.24. The number of hydrazone groups is 1. The highest BCUT2D eigenvalue weighted by Gasteiger charge is 2.21. The van der Waals surface area contributed by atoms with Gasteiger partial charge < -0.3 is 9.84 Å². The molecule has 134 valence electrons. The van der Waals surface area contributed by atoms with Gasteiger partial charge >= 0.3 is 5.69 Å². The first-order valence-electron chi connectivity index (χ1n) is 7.64. The Morgan fingerprint density at radius 2 is 2.16 bits per heavy atom. The molecule has 1 aromatic heterocycles. The molecule has 1 aromatic carbocycles. The molecule has 0 bridgehead atoms. The highest BCUT2D eigenvalue weighted by molar-refractivity contribution is 6.32. The van der Waals surface area contributed by atoms with Crippen LogP contribution in [-0.2, 0) is 5.41 Å². The number of H-pyrrole nitrogens is 1. The number of halogens is 1. The van der Waals surface area contributed by atoms with Gasteiger partial charge in [-0.3, -0.25) is 5.43 Å². The molecule has 25 heavy (non-hydrogen) atoms. The molecule has 0 saturated carbocycles. The lowest BCUT2D eigenvalue weighted by Crippen LogP contribution is -2.24. The summed E-state index contributed by atoms with van der Waals surface area (Å²) in [5.41, 5.74) is 3.00. The first kappa shape index (κ1) is 18.7. The van der Waals surface area contributed by atoms with Crippen LogP contribution in [0, 0.1) is 0 Å². The molecule has 0 aliphatic rings. The van der Waals surface area contributed by atoms with Gasteiger partial charge in [0.15, 0.2) is 17.3 Å². The first-order valence-corrected chi connectivity index (χ1v) is 8.01. The van der Waals surface area contributed by atoms with Crippen molar-refractivity contribution in [2.75, 3.05) is 12.0 Å². The molecule has 0 radical (unpaired) electrons. The van der Waals surface area contributed by atoms with E-state index in [1.165, 1.54) is 6.21 Å². The average Bonchev–Trinajstić information content (AvgIpc) is 2.51. The zero-order valence-electron chi connectivity index (χ0n) is 14.4. The zero-order valence-corrected chi connectivity index (χ0v) is 15.2. The molecule has 8 nitrogen and oxygen atoms in total. The third-order valence-electron chi connectivity index (χ3n) is 3.15. The van der Waals surface area contributed by atoms with Gasteiger partial charge in [0.1, 0.15) is 5.69 Å². The Kier molecular flexibility index (Phi) is 5.63. The molecule has 0 atom stereocenters. The summed E-state index contributed by atoms with van der Waals surface area (Å²) in [5.74, 6) is 0.411. The van der Waals surface area contributed by atoms with Crippen molar-refractivity contribution in [3.63, 3.8) is 0 Å². The SMILES string of the molecule is CCOc1cc(/C=N/Nc2nc(=O)[nH]nc2C(C)(C)C)cc(Cl)c1O. The van der Waals surface area contributed by atoms with Gasteiger partial charge in [-0.15, -0.1) is 0 Å². The van der Waals surface area contributed by atoms with Gasteiger partial charge in [-0.1, -0.05) is 32.4 Å². The van der Waals surface area contributed by atoms with Crippen molar-refractivity contribution in [3.05, 3.63) is 38.9 Å². The van der Waals surface area contributed by atoms with E-state index in [0.717, 1.165) is 0 Å². The number of phenolic OH excluding ortho intramolecular Hbond substituents is 1. The van der Waals surface area contributed by atoms with E-state index in [2.05, 4.69) is 25.7 Å². The van der Waals surface area contributed by atoms with E-state index in [1.807, 2.05) is 20.8 Å². The average molecular weight is 366 g/mol. The molecule has 2 aromatic rings. The number of phenols is 1. The summed E-state index contributed by atoms with van der Waals surface area (Å²) >= 11 is 5.98. The normalized spacial score (nSPS) is 11.7. The summed E-state index contributed by atoms with van der Waals surface area (Å²) in [5, 5.41) is 20.4. The Hall–Kier alpha value is -2.61. The van der Waals surface area contributed by atoms with Crippen molar-refractivity contribution in [2.45, 2.75) is 33.1 Å². The van der Waals surface area contributed by atoms with Crippen molar-refractivity contribution in [3.8, 4) is 11.5 Å². The van der Waals surface area contributed by atoms with Crippen LogP contribution in [0.1, 0.15) is 39.0 Å². The number of benzene rings is 1. The topological polar surface area (TPSA) is 112 Å². The molecule has 0 amide bonds. The van der Waals surface area contributed by atoms with Crippen molar-refractivity contribution >= 4 is 23.6 Å². The number of rotatable bonds is 5. The zero-order chi connectivity index (χ0) is 18.6. The number of nitrogens with zero attached hydrogens (tertiary/aromatic N) is 3. The maximum absolute atomic E-state index is 11.4. The summed E-state index contributed by atoms with van der Waals surface area (Å²) in [4.78, 5) is 15.3. The second-order valence-corrected chi connectivity index (χ2v) is 6.65. The predicted molar refractivity (Wildman–Crippen MR) is 96.9 cm³/mol. The molecule has 0 aliphatic heterocycles. The van der Waals surface area contributed by atoms with Crippen molar-refractivity contribution < 1.29 is 9.84 Å². The lowest BCUT2D eigenvalue weighted by molar-refractivity contribution is 0.318. The smallest absolute Gasteiger partial charge is 0.363 e. The number of aromatic hydroxyl groups is 1. The predicted octanol–water partition coefficient (Wildman–Crippen LogP) is 2.67. The number of ether oxygens (including phenoxy) is 1. The fraction of sp³-hybridized carbons (Fsp3) is 0.375. The number of anilines is 1. The van der Waals surface area contributed by atoms with Crippen LogP contribution in [0.4, 0.5) is 5.82 Å². The molecule has 0 fully saturated rings. The standard InChI is InChI=1S/C16H20ClN5O3/c1-5-25-11-7-9(6-10(17)12(11)23)8-18-21-14-13(16(2,3)4)20-22-15(24)19-14/h6-8,23H,5H2,1-4H3,(H2,19,21,22,24)/b18-8+. The van der Waals surface area contributed by atoms with Gasteiger partial charge in [-0.2, -0.15) is 15.2 Å². The number of hydrogen-bond donors (Lipinski definition) is 3. The van der Waals surface area contributed by atoms with E-state index in [1.54, 1.807) is 19.1 Å². The number of aromatic amines is 1. The summed E-state index contributed by atoms with van der Waals surface area (Å²) in [6.07, 6.45) is 1.48. The Morgan fingerprint density at radius 3 is 2.80 bits per heavy atom. The molecular weight excluding hydrogens is 346 g/mol. The van der Waals surface area contributed by atoms with Crippen LogP contribution in [-0.4, -0.2) is 33.1 Å².